The number of hydrogen-bond donors (Lipinski definition) is 0. The summed E-state index contributed by atoms with van der Waals surface area (Å²) in [6, 6.07) is 3.95. The van der Waals surface area contributed by atoms with Gasteiger partial charge in [-0.15, -0.1) is 0 Å². The van der Waals surface area contributed by atoms with Gasteiger partial charge >= 0.3 is 17.6 Å². The molecule has 0 aliphatic heterocycles. The lowest BCUT2D eigenvalue weighted by Crippen LogP contribution is -2.55. The summed E-state index contributed by atoms with van der Waals surface area (Å²) in [7, 11) is -5.73. The lowest BCUT2D eigenvalue weighted by Gasteiger charge is -2.39. The topological polar surface area (TPSA) is 58.6 Å². The first-order chi connectivity index (χ1) is 14.6. The molecule has 0 aromatic heterocycles. The monoisotopic (exact) mass is 513 g/mol. The van der Waals surface area contributed by atoms with Crippen LogP contribution in [0, 0.1) is 0 Å². The largest absolute Gasteiger partial charge is 0.500 e. The minimum Gasteiger partial charge on any atom is -0.374 e. The number of hydrogen-bond acceptors (Lipinski definition) is 7. The second-order valence-corrected chi connectivity index (χ2v) is 22.7. The molecule has 0 spiro atoms. The first-order valence-electron chi connectivity index (χ1n) is 12.2. The molecule has 188 valence electrons. The average molecular weight is 514 g/mol. The molecular weight excluding hydrogens is 463 g/mol. The molecule has 0 fully saturated rings. The molecule has 0 radical (unpaired) electrons. The van der Waals surface area contributed by atoms with E-state index in [0.29, 0.717) is 39.6 Å². The smallest absolute Gasteiger partial charge is 0.374 e. The maximum atomic E-state index is 6.13. The average Bonchev–Trinajstić information content (AvgIpc) is 2.68. The summed E-state index contributed by atoms with van der Waals surface area (Å²) < 4.78 is 39.5. The summed E-state index contributed by atoms with van der Waals surface area (Å²) in [4.78, 5) is 0. The third-order valence-electron chi connectivity index (χ3n) is 5.36. The van der Waals surface area contributed by atoms with E-state index in [4.69, 9.17) is 26.6 Å². The van der Waals surface area contributed by atoms with Crippen molar-refractivity contribution < 1.29 is 26.6 Å². The van der Waals surface area contributed by atoms with Gasteiger partial charge in [0.1, 0.15) is 17.2 Å². The Morgan fingerprint density at radius 1 is 0.548 bits per heavy atom. The molecule has 0 unspecified atom stereocenters. The highest BCUT2D eigenvalue weighted by atomic mass is 28.4. The maximum absolute atomic E-state index is 6.13. The molecule has 0 bridgehead atoms. The highest BCUT2D eigenvalue weighted by Gasteiger charge is 2.44. The first-order valence-corrected chi connectivity index (χ1v) is 21.6. The van der Waals surface area contributed by atoms with E-state index in [1.54, 1.807) is 0 Å². The van der Waals surface area contributed by atoms with Crippen LogP contribution in [0.5, 0.6) is 0 Å². The molecule has 0 rings (SSSR count). The third kappa shape index (κ3) is 11.5. The lowest BCUT2D eigenvalue weighted by atomic mass is 10.9. The summed E-state index contributed by atoms with van der Waals surface area (Å²) in [5, 5.41) is 0. The predicted molar refractivity (Wildman–Crippen MR) is 139 cm³/mol. The number of nitrogens with zero attached hydrogens (tertiary/aromatic N) is 1. The van der Waals surface area contributed by atoms with Crippen molar-refractivity contribution in [1.82, 2.24) is 4.23 Å². The van der Waals surface area contributed by atoms with Gasteiger partial charge in [0.2, 0.25) is 0 Å². The quantitative estimate of drug-likeness (QED) is 0.221. The zero-order valence-electron chi connectivity index (χ0n) is 22.0. The van der Waals surface area contributed by atoms with Crippen molar-refractivity contribution in [2.45, 2.75) is 85.4 Å². The second-order valence-electron chi connectivity index (χ2n) is 8.48. The van der Waals surface area contributed by atoms with E-state index in [1.807, 2.05) is 41.5 Å². The normalized spacial score (nSPS) is 13.5. The predicted octanol–water partition coefficient (Wildman–Crippen LogP) is 4.57. The van der Waals surface area contributed by atoms with Crippen LogP contribution in [0.25, 0.3) is 0 Å². The van der Waals surface area contributed by atoms with Crippen LogP contribution in [0.2, 0.25) is 43.8 Å². The third-order valence-corrected chi connectivity index (χ3v) is 21.2. The fraction of sp³-hybridized carbons (Fsp3) is 1.00. The van der Waals surface area contributed by atoms with E-state index >= 15 is 0 Å². The van der Waals surface area contributed by atoms with Gasteiger partial charge in [0, 0.05) is 51.7 Å². The van der Waals surface area contributed by atoms with Crippen molar-refractivity contribution in [3.8, 4) is 0 Å². The van der Waals surface area contributed by atoms with Gasteiger partial charge < -0.3 is 30.8 Å². The van der Waals surface area contributed by atoms with Crippen LogP contribution < -0.4 is 0 Å². The van der Waals surface area contributed by atoms with Crippen LogP contribution in [0.4, 0.5) is 0 Å². The fourth-order valence-electron chi connectivity index (χ4n) is 3.77. The molecule has 0 aromatic carbocycles. The second kappa shape index (κ2) is 16.3. The van der Waals surface area contributed by atoms with Crippen LogP contribution in [-0.2, 0) is 26.6 Å². The molecule has 11 heteroatoms. The molecular formula is C20H51NO6Si4. The van der Waals surface area contributed by atoms with Gasteiger partial charge in [-0.1, -0.05) is 19.6 Å². The Labute approximate surface area is 197 Å². The Kier molecular flexibility index (Phi) is 16.6. The lowest BCUT2D eigenvalue weighted by molar-refractivity contribution is 0.0722. The molecule has 0 saturated heterocycles. The van der Waals surface area contributed by atoms with Crippen LogP contribution in [0.15, 0.2) is 0 Å². The Bertz CT molecular complexity index is 392. The van der Waals surface area contributed by atoms with Crippen molar-refractivity contribution in [3.05, 3.63) is 0 Å². The van der Waals surface area contributed by atoms with Gasteiger partial charge in [-0.05, 0) is 60.7 Å². The van der Waals surface area contributed by atoms with E-state index < -0.39 is 34.8 Å². The van der Waals surface area contributed by atoms with Gasteiger partial charge in [0.25, 0.3) is 0 Å². The number of rotatable bonds is 20. The molecule has 0 aromatic rings. The van der Waals surface area contributed by atoms with Gasteiger partial charge in [-0.25, -0.2) is 0 Å². The minimum atomic E-state index is -2.64. The first kappa shape index (κ1) is 31.6. The summed E-state index contributed by atoms with van der Waals surface area (Å²) in [6.07, 6.45) is 0. The van der Waals surface area contributed by atoms with Crippen molar-refractivity contribution in [2.75, 3.05) is 46.7 Å². The Balaban J connectivity index is 5.60. The van der Waals surface area contributed by atoms with Crippen molar-refractivity contribution >= 4 is 34.8 Å². The van der Waals surface area contributed by atoms with Gasteiger partial charge in [-0.2, -0.15) is 0 Å². The van der Waals surface area contributed by atoms with Crippen LogP contribution in [-0.4, -0.2) is 85.7 Å². The Morgan fingerprint density at radius 2 is 0.806 bits per heavy atom. The van der Waals surface area contributed by atoms with Crippen LogP contribution in [0.3, 0.4) is 0 Å². The zero-order valence-corrected chi connectivity index (χ0v) is 26.2. The van der Waals surface area contributed by atoms with Gasteiger partial charge in [0.05, 0.1) is 0 Å². The van der Waals surface area contributed by atoms with Crippen LogP contribution in [0.1, 0.15) is 41.5 Å². The van der Waals surface area contributed by atoms with E-state index in [0.717, 1.165) is 24.2 Å². The Hall–Kier alpha value is 0.588. The van der Waals surface area contributed by atoms with Crippen molar-refractivity contribution in [3.63, 3.8) is 0 Å². The zero-order chi connectivity index (χ0) is 24.0. The van der Waals surface area contributed by atoms with Crippen LogP contribution >= 0.6 is 0 Å². The molecule has 31 heavy (non-hydrogen) atoms. The molecule has 0 atom stereocenters. The molecule has 0 aliphatic rings. The van der Waals surface area contributed by atoms with E-state index in [9.17, 15) is 0 Å². The fourth-order valence-corrected chi connectivity index (χ4v) is 19.5. The molecule has 0 aliphatic carbocycles. The van der Waals surface area contributed by atoms with E-state index in [-0.39, 0.29) is 0 Å². The maximum Gasteiger partial charge on any atom is 0.500 e. The minimum absolute atomic E-state index is 0.622. The van der Waals surface area contributed by atoms with Gasteiger partial charge in [-0.3, -0.25) is 0 Å². The molecule has 0 N–H and O–H groups in total. The standard InChI is InChI=1S/C20H51NO6Si4/c1-11-22-30(23-12-2,24-13-3)19-17-28(21(7)29(8,9)10)18-20-31(25-14-4,26-15-5)27-16-6/h28H,11-20H2,1-10H3. The highest BCUT2D eigenvalue weighted by Crippen LogP contribution is 2.27. The summed E-state index contributed by atoms with van der Waals surface area (Å²) in [5.41, 5.74) is 0. The van der Waals surface area contributed by atoms with Crippen molar-refractivity contribution in [2.24, 2.45) is 0 Å². The molecule has 0 saturated carbocycles. The highest BCUT2D eigenvalue weighted by molar-refractivity contribution is 6.83. The van der Waals surface area contributed by atoms with E-state index in [1.165, 1.54) is 0 Å². The van der Waals surface area contributed by atoms with E-state index in [2.05, 4.69) is 30.9 Å². The molecule has 0 amide bonds. The summed E-state index contributed by atoms with van der Waals surface area (Å²) in [5.74, 6) is 0. The summed E-state index contributed by atoms with van der Waals surface area (Å²) in [6.45, 7) is 23.1. The van der Waals surface area contributed by atoms with Crippen molar-refractivity contribution in [1.29, 1.82) is 0 Å². The van der Waals surface area contributed by atoms with Gasteiger partial charge in [0.15, 0.2) is 0 Å². The molecule has 7 nitrogen and oxygen atoms in total. The summed E-state index contributed by atoms with van der Waals surface area (Å²) >= 11 is 0. The SMILES string of the molecule is CCO[Si](CC[SiH](CC[Si](OCC)(OCC)OCC)N(C)[Si](C)(C)C)(OCC)OCC. The molecule has 0 heterocycles. The Morgan fingerprint density at radius 3 is 1.00 bits per heavy atom.